The Morgan fingerprint density at radius 3 is 3.00 bits per heavy atom. The molecule has 0 bridgehead atoms. The van der Waals surface area contributed by atoms with Crippen LogP contribution >= 0.6 is 0 Å². The van der Waals surface area contributed by atoms with Crippen molar-refractivity contribution in [3.63, 3.8) is 0 Å². The minimum Gasteiger partial charge on any atom is -0.460 e. The molecular weight excluding hydrogens is 164 g/mol. The van der Waals surface area contributed by atoms with E-state index in [0.717, 1.165) is 0 Å². The van der Waals surface area contributed by atoms with Crippen LogP contribution in [0.25, 0.3) is 11.0 Å². The fourth-order valence-electron chi connectivity index (χ4n) is 1.27. The topological polar surface area (TPSA) is 30.2 Å². The van der Waals surface area contributed by atoms with Crippen molar-refractivity contribution in [1.29, 1.82) is 0 Å². The predicted molar refractivity (Wildman–Crippen MR) is 51.0 cm³/mol. The summed E-state index contributed by atoms with van der Waals surface area (Å²) in [4.78, 5) is 11.0. The maximum Gasteiger partial charge on any atom is 0.154 e. The summed E-state index contributed by atoms with van der Waals surface area (Å²) < 4.78 is 35.8. The zero-order chi connectivity index (χ0) is 12.7. The van der Waals surface area contributed by atoms with Crippen LogP contribution < -0.4 is 0 Å². The Morgan fingerprint density at radius 1 is 1.54 bits per heavy atom. The first-order chi connectivity index (χ1) is 8.02. The summed E-state index contributed by atoms with van der Waals surface area (Å²) in [6.45, 7) is 1.79. The SMILES string of the molecule is [2H]c1c([2H])c([2H])c2c(C=O)c(CC)oc2c1[2H]. The minimum atomic E-state index is -0.353. The molecule has 1 heterocycles. The molecule has 0 aliphatic carbocycles. The van der Waals surface area contributed by atoms with Gasteiger partial charge in [0.1, 0.15) is 11.3 Å². The Labute approximate surface area is 81.8 Å². The largest absolute Gasteiger partial charge is 0.460 e. The lowest BCUT2D eigenvalue weighted by Gasteiger charge is -1.87. The van der Waals surface area contributed by atoms with Crippen LogP contribution in [0.15, 0.2) is 28.6 Å². The molecule has 0 saturated heterocycles. The molecule has 0 atom stereocenters. The van der Waals surface area contributed by atoms with E-state index in [1.807, 2.05) is 0 Å². The Morgan fingerprint density at radius 2 is 2.31 bits per heavy atom. The van der Waals surface area contributed by atoms with Crippen LogP contribution in [0.2, 0.25) is 0 Å². The second-order valence-electron chi connectivity index (χ2n) is 2.61. The molecule has 0 N–H and O–H groups in total. The van der Waals surface area contributed by atoms with E-state index in [9.17, 15) is 4.79 Å². The number of benzene rings is 1. The van der Waals surface area contributed by atoms with Crippen molar-refractivity contribution in [1.82, 2.24) is 0 Å². The third-order valence-electron chi connectivity index (χ3n) is 1.89. The molecule has 0 saturated carbocycles. The summed E-state index contributed by atoms with van der Waals surface area (Å²) in [5.41, 5.74) is 0.268. The maximum absolute atomic E-state index is 11.0. The molecule has 1 aromatic heterocycles. The van der Waals surface area contributed by atoms with Crippen LogP contribution in [0.1, 0.15) is 28.5 Å². The van der Waals surface area contributed by atoms with Crippen molar-refractivity contribution in [2.24, 2.45) is 0 Å². The van der Waals surface area contributed by atoms with E-state index in [4.69, 9.17) is 9.90 Å². The van der Waals surface area contributed by atoms with E-state index >= 15 is 0 Å². The van der Waals surface area contributed by atoms with Gasteiger partial charge in [-0.05, 0) is 6.04 Å². The molecule has 2 nitrogen and oxygen atoms in total. The number of hydrogen-bond acceptors (Lipinski definition) is 2. The standard InChI is InChI=1S/C11H10O2/c1-2-10-9(7-12)8-5-3-4-6-11(8)13-10/h3-7H,2H2,1H3/i3D,4D,5D,6D. The van der Waals surface area contributed by atoms with Gasteiger partial charge in [0.2, 0.25) is 0 Å². The van der Waals surface area contributed by atoms with Crippen LogP contribution in [0.4, 0.5) is 0 Å². The molecule has 0 aliphatic rings. The lowest BCUT2D eigenvalue weighted by atomic mass is 10.1. The monoisotopic (exact) mass is 178 g/mol. The van der Waals surface area contributed by atoms with E-state index in [1.54, 1.807) is 6.92 Å². The smallest absolute Gasteiger partial charge is 0.154 e. The molecule has 66 valence electrons. The van der Waals surface area contributed by atoms with Crippen LogP contribution in [0.3, 0.4) is 0 Å². The molecule has 0 spiro atoms. The zero-order valence-corrected chi connectivity index (χ0v) is 7.10. The average molecular weight is 178 g/mol. The number of carbonyl (C=O) groups is 1. The molecule has 0 unspecified atom stereocenters. The van der Waals surface area contributed by atoms with Crippen molar-refractivity contribution in [3.8, 4) is 0 Å². The number of para-hydroxylation sites is 1. The summed E-state index contributed by atoms with van der Waals surface area (Å²) in [6.07, 6.45) is 1.04. The number of aryl methyl sites for hydroxylation is 1. The van der Waals surface area contributed by atoms with Gasteiger partial charge >= 0.3 is 0 Å². The van der Waals surface area contributed by atoms with E-state index in [-0.39, 0.29) is 40.7 Å². The molecule has 1 aromatic carbocycles. The highest BCUT2D eigenvalue weighted by molar-refractivity contribution is 5.97. The molecule has 2 rings (SSSR count). The highest BCUT2D eigenvalue weighted by Crippen LogP contribution is 2.24. The summed E-state index contributed by atoms with van der Waals surface area (Å²) in [6, 6.07) is -1.18. The number of carbonyl (C=O) groups excluding carboxylic acids is 1. The molecular formula is C11H10O2. The van der Waals surface area contributed by atoms with Crippen molar-refractivity contribution >= 4 is 17.3 Å². The Bertz CT molecular complexity index is 616. The van der Waals surface area contributed by atoms with Crippen molar-refractivity contribution in [2.45, 2.75) is 13.3 Å². The lowest BCUT2D eigenvalue weighted by Crippen LogP contribution is -1.83. The molecule has 0 radical (unpaired) electrons. The first kappa shape index (κ1) is 4.61. The Kier molecular flexibility index (Phi) is 1.08. The molecule has 0 fully saturated rings. The zero-order valence-electron chi connectivity index (χ0n) is 11.1. The second kappa shape index (κ2) is 3.05. The van der Waals surface area contributed by atoms with Gasteiger partial charge in [-0.2, -0.15) is 0 Å². The Hall–Kier alpha value is -1.57. The highest BCUT2D eigenvalue weighted by atomic mass is 16.3. The van der Waals surface area contributed by atoms with Crippen LogP contribution in [0.5, 0.6) is 0 Å². The number of furan rings is 1. The Balaban J connectivity index is 3.03. The number of rotatable bonds is 2. The minimum absolute atomic E-state index is 0.0509. The van der Waals surface area contributed by atoms with Crippen LogP contribution in [-0.4, -0.2) is 6.29 Å². The fourth-order valence-corrected chi connectivity index (χ4v) is 1.27. The summed E-state index contributed by atoms with van der Waals surface area (Å²) >= 11 is 0. The maximum atomic E-state index is 11.0. The van der Waals surface area contributed by atoms with E-state index in [1.165, 1.54) is 0 Å². The third-order valence-corrected chi connectivity index (χ3v) is 1.89. The summed E-state index contributed by atoms with van der Waals surface area (Å²) in [5.74, 6) is 0.391. The van der Waals surface area contributed by atoms with Gasteiger partial charge in [0.05, 0.1) is 11.0 Å². The van der Waals surface area contributed by atoms with Gasteiger partial charge in [-0.1, -0.05) is 25.1 Å². The van der Waals surface area contributed by atoms with E-state index < -0.39 is 0 Å². The second-order valence-corrected chi connectivity index (χ2v) is 2.61. The fraction of sp³-hybridized carbons (Fsp3) is 0.182. The molecule has 2 heteroatoms. The van der Waals surface area contributed by atoms with Crippen LogP contribution in [-0.2, 0) is 6.42 Å². The average Bonchev–Trinajstić information content (AvgIpc) is 2.72. The molecule has 0 aliphatic heterocycles. The number of hydrogen-bond donors (Lipinski definition) is 0. The lowest BCUT2D eigenvalue weighted by molar-refractivity contribution is 0.112. The summed E-state index contributed by atoms with van der Waals surface area (Å²) in [7, 11) is 0. The molecule has 0 amide bonds. The van der Waals surface area contributed by atoms with Crippen molar-refractivity contribution in [3.05, 3.63) is 35.5 Å². The van der Waals surface area contributed by atoms with Gasteiger partial charge < -0.3 is 4.42 Å². The van der Waals surface area contributed by atoms with Gasteiger partial charge in [0.15, 0.2) is 6.29 Å². The first-order valence-corrected chi connectivity index (χ1v) is 3.99. The number of fused-ring (bicyclic) bond motifs is 1. The van der Waals surface area contributed by atoms with Crippen molar-refractivity contribution in [2.75, 3.05) is 0 Å². The van der Waals surface area contributed by atoms with Gasteiger partial charge in [-0.25, -0.2) is 0 Å². The van der Waals surface area contributed by atoms with Gasteiger partial charge in [-0.15, -0.1) is 0 Å². The molecule has 2 aromatic rings. The molecule has 13 heavy (non-hydrogen) atoms. The predicted octanol–water partition coefficient (Wildman–Crippen LogP) is 2.81. The normalized spacial score (nSPS) is 14.8. The quantitative estimate of drug-likeness (QED) is 0.662. The van der Waals surface area contributed by atoms with Gasteiger partial charge in [0, 0.05) is 11.8 Å². The van der Waals surface area contributed by atoms with Gasteiger partial charge in [-0.3, -0.25) is 4.79 Å². The summed E-state index contributed by atoms with van der Waals surface area (Å²) in [5, 5.41) is 0.169. The van der Waals surface area contributed by atoms with E-state index in [0.29, 0.717) is 18.5 Å². The highest BCUT2D eigenvalue weighted by Gasteiger charge is 2.10. The third kappa shape index (κ3) is 1.15. The van der Waals surface area contributed by atoms with Crippen LogP contribution in [0, 0.1) is 0 Å². The van der Waals surface area contributed by atoms with E-state index in [2.05, 4.69) is 0 Å². The van der Waals surface area contributed by atoms with Gasteiger partial charge in [0.25, 0.3) is 0 Å². The number of aldehydes is 1. The first-order valence-electron chi connectivity index (χ1n) is 5.99. The van der Waals surface area contributed by atoms with Crippen molar-refractivity contribution < 1.29 is 14.7 Å².